The van der Waals surface area contributed by atoms with Crippen LogP contribution in [-0.4, -0.2) is 75.2 Å². The minimum Gasteiger partial charge on any atom is -0.493 e. The van der Waals surface area contributed by atoms with E-state index in [2.05, 4.69) is 24.5 Å². The predicted molar refractivity (Wildman–Crippen MR) is 151 cm³/mol. The van der Waals surface area contributed by atoms with E-state index in [0.29, 0.717) is 50.3 Å². The monoisotopic (exact) mass is 557 g/mol. The average molecular weight is 558 g/mol. The highest BCUT2D eigenvalue weighted by Gasteiger charge is 2.41. The van der Waals surface area contributed by atoms with Crippen LogP contribution in [0.2, 0.25) is 0 Å². The lowest BCUT2D eigenvalue weighted by molar-refractivity contribution is -0.143. The molecule has 0 saturated heterocycles. The zero-order chi connectivity index (χ0) is 27.3. The van der Waals surface area contributed by atoms with Crippen LogP contribution in [0.5, 0.6) is 5.75 Å². The van der Waals surface area contributed by atoms with Gasteiger partial charge in [-0.25, -0.2) is 0 Å². The zero-order valence-electron chi connectivity index (χ0n) is 23.4. The number of rotatable bonds is 17. The maximum atomic E-state index is 13.0. The number of halogens is 1. The highest BCUT2D eigenvalue weighted by Crippen LogP contribution is 2.32. The fourth-order valence-electron chi connectivity index (χ4n) is 4.71. The van der Waals surface area contributed by atoms with Gasteiger partial charge in [-0.3, -0.25) is 9.59 Å². The molecular formula is C28H48ClN3O6. The number of nitrogens with one attached hydrogen (secondary N) is 2. The van der Waals surface area contributed by atoms with Gasteiger partial charge in [-0.1, -0.05) is 26.0 Å². The van der Waals surface area contributed by atoms with E-state index in [1.807, 2.05) is 12.1 Å². The first-order valence-corrected chi connectivity index (χ1v) is 13.5. The third kappa shape index (κ3) is 10.3. The zero-order valence-corrected chi connectivity index (χ0v) is 24.2. The summed E-state index contributed by atoms with van der Waals surface area (Å²) in [5, 5.41) is 16.5. The Morgan fingerprint density at radius 1 is 1.05 bits per heavy atom. The van der Waals surface area contributed by atoms with Crippen LogP contribution in [-0.2, 0) is 14.3 Å². The molecule has 0 radical (unpaired) electrons. The van der Waals surface area contributed by atoms with Crippen molar-refractivity contribution >= 4 is 24.2 Å². The minimum atomic E-state index is -0.900. The summed E-state index contributed by atoms with van der Waals surface area (Å²) in [5.41, 5.74) is 6.01. The Hall–Kier alpha value is -1.91. The minimum absolute atomic E-state index is 0. The molecule has 1 aliphatic rings. The number of aliphatic hydroxyl groups excluding tert-OH is 1. The van der Waals surface area contributed by atoms with E-state index in [4.69, 9.17) is 19.9 Å². The molecule has 3 unspecified atom stereocenters. The van der Waals surface area contributed by atoms with Crippen molar-refractivity contribution in [3.05, 3.63) is 29.8 Å². The molecule has 38 heavy (non-hydrogen) atoms. The third-order valence-electron chi connectivity index (χ3n) is 7.36. The molecule has 2 amide bonds. The van der Waals surface area contributed by atoms with E-state index in [9.17, 15) is 14.7 Å². The van der Waals surface area contributed by atoms with Crippen LogP contribution in [0.25, 0.3) is 0 Å². The van der Waals surface area contributed by atoms with Crippen LogP contribution in [0.4, 0.5) is 0 Å². The topological polar surface area (TPSA) is 132 Å². The number of hydrogen-bond donors (Lipinski definition) is 4. The van der Waals surface area contributed by atoms with Gasteiger partial charge in [0.1, 0.15) is 11.4 Å². The number of ether oxygens (including phenoxy) is 3. The van der Waals surface area contributed by atoms with Gasteiger partial charge in [0.25, 0.3) is 11.8 Å². The molecule has 5 N–H and O–H groups in total. The van der Waals surface area contributed by atoms with Crippen LogP contribution in [0.15, 0.2) is 24.3 Å². The molecule has 1 saturated carbocycles. The first-order chi connectivity index (χ1) is 17.7. The Kier molecular flexibility index (Phi) is 15.8. The molecular weight excluding hydrogens is 510 g/mol. The summed E-state index contributed by atoms with van der Waals surface area (Å²) in [6.07, 6.45) is 4.62. The highest BCUT2D eigenvalue weighted by molar-refractivity contribution is 5.96. The lowest BCUT2D eigenvalue weighted by Gasteiger charge is -2.29. The van der Waals surface area contributed by atoms with E-state index >= 15 is 0 Å². The van der Waals surface area contributed by atoms with E-state index in [1.54, 1.807) is 26.4 Å². The van der Waals surface area contributed by atoms with Gasteiger partial charge in [-0.15, -0.1) is 12.4 Å². The second-order valence-corrected chi connectivity index (χ2v) is 10.3. The van der Waals surface area contributed by atoms with Gasteiger partial charge in [0.05, 0.1) is 18.3 Å². The number of benzene rings is 1. The van der Waals surface area contributed by atoms with Gasteiger partial charge in [0, 0.05) is 40.0 Å². The SMILES string of the molecule is COCCCCOc1ccccc1C(=O)NCC(CC(N)C(O)CNC(=O)C1(OC)CCCC1)C(C)C.Cl. The number of carbonyl (C=O) groups excluding carboxylic acids is 2. The fourth-order valence-corrected chi connectivity index (χ4v) is 4.71. The maximum Gasteiger partial charge on any atom is 0.255 e. The van der Waals surface area contributed by atoms with Crippen LogP contribution in [0.3, 0.4) is 0 Å². The van der Waals surface area contributed by atoms with Crippen molar-refractivity contribution in [2.45, 2.75) is 76.5 Å². The van der Waals surface area contributed by atoms with Crippen molar-refractivity contribution in [2.24, 2.45) is 17.6 Å². The normalized spacial score (nSPS) is 16.8. The van der Waals surface area contributed by atoms with Gasteiger partial charge < -0.3 is 35.7 Å². The Morgan fingerprint density at radius 3 is 2.34 bits per heavy atom. The molecule has 218 valence electrons. The molecule has 0 aromatic heterocycles. The summed E-state index contributed by atoms with van der Waals surface area (Å²) in [7, 11) is 3.23. The van der Waals surface area contributed by atoms with Gasteiger partial charge in [-0.2, -0.15) is 0 Å². The molecule has 1 aliphatic carbocycles. The summed E-state index contributed by atoms with van der Waals surface area (Å²) in [6, 6.07) is 6.66. The molecule has 0 aliphatic heterocycles. The molecule has 2 rings (SSSR count). The standard InChI is InChI=1S/C28H47N3O6.ClH/c1-20(2)21(17-23(29)24(32)19-31-27(34)28(36-4)13-7-8-14-28)18-30-26(33)22-11-5-6-12-25(22)37-16-10-9-15-35-3;/h5-6,11-12,20-21,23-24,32H,7-10,13-19,29H2,1-4H3,(H,30,33)(H,31,34);1H. The number of carbonyl (C=O) groups is 2. The molecule has 1 fully saturated rings. The average Bonchev–Trinajstić information content (AvgIpc) is 3.39. The van der Waals surface area contributed by atoms with Crippen molar-refractivity contribution in [1.82, 2.24) is 10.6 Å². The quantitative estimate of drug-likeness (QED) is 0.216. The first-order valence-electron chi connectivity index (χ1n) is 13.5. The second-order valence-electron chi connectivity index (χ2n) is 10.3. The number of nitrogens with two attached hydrogens (primary N) is 1. The molecule has 10 heteroatoms. The van der Waals surface area contributed by atoms with Crippen molar-refractivity contribution < 1.29 is 28.9 Å². The number of methoxy groups -OCH3 is 2. The van der Waals surface area contributed by atoms with Crippen molar-refractivity contribution in [1.29, 1.82) is 0 Å². The largest absolute Gasteiger partial charge is 0.493 e. The molecule has 1 aromatic carbocycles. The van der Waals surface area contributed by atoms with Crippen LogP contribution in [0.1, 0.15) is 69.2 Å². The lowest BCUT2D eigenvalue weighted by atomic mass is 9.87. The Balaban J connectivity index is 0.00000722. The van der Waals surface area contributed by atoms with Crippen molar-refractivity contribution in [3.8, 4) is 5.75 Å². The van der Waals surface area contributed by atoms with Gasteiger partial charge in [0.2, 0.25) is 0 Å². The van der Waals surface area contributed by atoms with Crippen LogP contribution >= 0.6 is 12.4 Å². The summed E-state index contributed by atoms with van der Waals surface area (Å²) >= 11 is 0. The number of para-hydroxylation sites is 1. The molecule has 0 bridgehead atoms. The van der Waals surface area contributed by atoms with E-state index in [-0.39, 0.29) is 42.6 Å². The number of aliphatic hydroxyl groups is 1. The summed E-state index contributed by atoms with van der Waals surface area (Å²) in [6.45, 7) is 5.81. The van der Waals surface area contributed by atoms with Gasteiger partial charge >= 0.3 is 0 Å². The molecule has 9 nitrogen and oxygen atoms in total. The first kappa shape index (κ1) is 34.1. The fraction of sp³-hybridized carbons (Fsp3) is 0.714. The summed E-state index contributed by atoms with van der Waals surface area (Å²) in [5.74, 6) is 0.437. The summed E-state index contributed by atoms with van der Waals surface area (Å²) < 4.78 is 16.4. The Labute approximate surface area is 234 Å². The smallest absolute Gasteiger partial charge is 0.255 e. The predicted octanol–water partition coefficient (Wildman–Crippen LogP) is 3.07. The lowest BCUT2D eigenvalue weighted by Crippen LogP contribution is -2.51. The Morgan fingerprint density at radius 2 is 1.71 bits per heavy atom. The van der Waals surface area contributed by atoms with Crippen molar-refractivity contribution in [2.75, 3.05) is 40.5 Å². The van der Waals surface area contributed by atoms with E-state index in [0.717, 1.165) is 25.7 Å². The van der Waals surface area contributed by atoms with Gasteiger partial charge in [0.15, 0.2) is 0 Å². The summed E-state index contributed by atoms with van der Waals surface area (Å²) in [4.78, 5) is 25.6. The van der Waals surface area contributed by atoms with E-state index < -0.39 is 17.7 Å². The Bertz CT molecular complexity index is 835. The van der Waals surface area contributed by atoms with Crippen LogP contribution in [0, 0.1) is 11.8 Å². The van der Waals surface area contributed by atoms with Gasteiger partial charge in [-0.05, 0) is 68.9 Å². The third-order valence-corrected chi connectivity index (χ3v) is 7.36. The second kappa shape index (κ2) is 17.6. The number of amides is 2. The molecule has 0 heterocycles. The number of hydrogen-bond acceptors (Lipinski definition) is 7. The maximum absolute atomic E-state index is 13.0. The van der Waals surface area contributed by atoms with Crippen molar-refractivity contribution in [3.63, 3.8) is 0 Å². The number of unbranched alkanes of at least 4 members (excludes halogenated alkanes) is 1. The highest BCUT2D eigenvalue weighted by atomic mass is 35.5. The van der Waals surface area contributed by atoms with E-state index in [1.165, 1.54) is 0 Å². The molecule has 1 aromatic rings. The molecule has 3 atom stereocenters. The van der Waals surface area contributed by atoms with Crippen LogP contribution < -0.4 is 21.1 Å². The molecule has 0 spiro atoms.